The zero-order chi connectivity index (χ0) is 24.1. The Balaban J connectivity index is 1.55. The third-order valence-corrected chi connectivity index (χ3v) is 6.29. The van der Waals surface area contributed by atoms with E-state index in [4.69, 9.17) is 4.74 Å². The summed E-state index contributed by atoms with van der Waals surface area (Å²) in [5, 5.41) is 5.27. The molecule has 0 spiro atoms. The highest BCUT2D eigenvalue weighted by Gasteiger charge is 2.34. The molecule has 1 aliphatic rings. The summed E-state index contributed by atoms with van der Waals surface area (Å²) in [5.41, 5.74) is 3.23. The second kappa shape index (κ2) is 8.16. The summed E-state index contributed by atoms with van der Waals surface area (Å²) in [6.45, 7) is 2.23. The first-order valence-electron chi connectivity index (χ1n) is 10.8. The Morgan fingerprint density at radius 1 is 1.12 bits per heavy atom. The molecule has 9 heteroatoms. The SMILES string of the molecule is COc1cc(C(=O)N2CCc3c(nn(C)c3-c3cc(F)c(F)c(F)c3)C2C)c2ccccc2n1. The molecule has 6 nitrogen and oxygen atoms in total. The van der Waals surface area contributed by atoms with E-state index in [2.05, 4.69) is 10.1 Å². The Bertz CT molecular complexity index is 1430. The summed E-state index contributed by atoms with van der Waals surface area (Å²) in [5.74, 6) is -3.88. The molecule has 174 valence electrons. The summed E-state index contributed by atoms with van der Waals surface area (Å²) < 4.78 is 48.1. The maximum Gasteiger partial charge on any atom is 0.255 e. The average Bonchev–Trinajstić information content (AvgIpc) is 3.18. The highest BCUT2D eigenvalue weighted by atomic mass is 19.2. The van der Waals surface area contributed by atoms with Crippen molar-refractivity contribution in [2.45, 2.75) is 19.4 Å². The molecule has 1 unspecified atom stereocenters. The summed E-state index contributed by atoms with van der Waals surface area (Å²) in [6, 6.07) is 10.5. The Hall–Kier alpha value is -3.88. The van der Waals surface area contributed by atoms with E-state index in [1.165, 1.54) is 11.8 Å². The van der Waals surface area contributed by atoms with Gasteiger partial charge >= 0.3 is 0 Å². The molecular weight excluding hydrogens is 445 g/mol. The third-order valence-electron chi connectivity index (χ3n) is 6.29. The van der Waals surface area contributed by atoms with Gasteiger partial charge in [-0.25, -0.2) is 18.2 Å². The molecule has 0 saturated heterocycles. The van der Waals surface area contributed by atoms with Crippen molar-refractivity contribution in [2.75, 3.05) is 13.7 Å². The first-order valence-corrected chi connectivity index (χ1v) is 10.8. The molecule has 2 aromatic carbocycles. The minimum atomic E-state index is -1.51. The topological polar surface area (TPSA) is 60.2 Å². The zero-order valence-electron chi connectivity index (χ0n) is 18.8. The third kappa shape index (κ3) is 3.39. The number of hydrogen-bond acceptors (Lipinski definition) is 4. The Morgan fingerprint density at radius 2 is 1.82 bits per heavy atom. The van der Waals surface area contributed by atoms with Crippen molar-refractivity contribution in [3.05, 3.63) is 76.7 Å². The Labute approximate surface area is 193 Å². The van der Waals surface area contributed by atoms with E-state index in [1.807, 2.05) is 31.2 Å². The standard InChI is InChI=1S/C25H21F3N4O2/c1-13-23-16(24(31(2)30-23)14-10-18(26)22(28)19(27)11-14)8-9-32(13)25(33)17-12-21(34-3)29-20-7-5-4-6-15(17)20/h4-7,10-13H,8-9H2,1-3H3. The van der Waals surface area contributed by atoms with Gasteiger partial charge in [-0.3, -0.25) is 9.48 Å². The number of aryl methyl sites for hydroxylation is 1. The van der Waals surface area contributed by atoms with Crippen LogP contribution in [0.3, 0.4) is 0 Å². The number of nitrogens with zero attached hydrogens (tertiary/aromatic N) is 4. The van der Waals surface area contributed by atoms with Gasteiger partial charge in [-0.05, 0) is 31.5 Å². The monoisotopic (exact) mass is 466 g/mol. The minimum absolute atomic E-state index is 0.193. The summed E-state index contributed by atoms with van der Waals surface area (Å²) >= 11 is 0. The van der Waals surface area contributed by atoms with Crippen LogP contribution in [0.5, 0.6) is 5.88 Å². The first-order chi connectivity index (χ1) is 16.3. The van der Waals surface area contributed by atoms with Crippen LogP contribution >= 0.6 is 0 Å². The molecular formula is C25H21F3N4O2. The molecule has 1 aliphatic heterocycles. The molecule has 0 fully saturated rings. The predicted molar refractivity (Wildman–Crippen MR) is 120 cm³/mol. The maximum atomic E-state index is 13.9. The van der Waals surface area contributed by atoms with Gasteiger partial charge in [-0.1, -0.05) is 18.2 Å². The van der Waals surface area contributed by atoms with Crippen molar-refractivity contribution in [1.29, 1.82) is 0 Å². The molecule has 3 heterocycles. The van der Waals surface area contributed by atoms with Gasteiger partial charge in [0, 0.05) is 36.2 Å². The van der Waals surface area contributed by atoms with Gasteiger partial charge in [-0.2, -0.15) is 5.10 Å². The smallest absolute Gasteiger partial charge is 0.255 e. The van der Waals surface area contributed by atoms with Gasteiger partial charge in [0.25, 0.3) is 5.91 Å². The van der Waals surface area contributed by atoms with Crippen LogP contribution in [0.1, 0.15) is 34.6 Å². The van der Waals surface area contributed by atoms with Gasteiger partial charge in [0.15, 0.2) is 17.5 Å². The van der Waals surface area contributed by atoms with E-state index in [9.17, 15) is 18.0 Å². The van der Waals surface area contributed by atoms with Crippen LogP contribution < -0.4 is 4.74 Å². The lowest BCUT2D eigenvalue weighted by molar-refractivity contribution is 0.0675. The number of pyridine rings is 1. The van der Waals surface area contributed by atoms with E-state index in [-0.39, 0.29) is 11.5 Å². The Kier molecular flexibility index (Phi) is 5.27. The van der Waals surface area contributed by atoms with Crippen molar-refractivity contribution in [3.8, 4) is 17.1 Å². The number of rotatable bonds is 3. The van der Waals surface area contributed by atoms with Crippen molar-refractivity contribution in [2.24, 2.45) is 7.05 Å². The number of fused-ring (bicyclic) bond motifs is 2. The molecule has 0 bridgehead atoms. The zero-order valence-corrected chi connectivity index (χ0v) is 18.8. The summed E-state index contributed by atoms with van der Waals surface area (Å²) in [6.07, 6.45) is 0.426. The van der Waals surface area contributed by atoms with Crippen LogP contribution in [-0.4, -0.2) is 39.2 Å². The predicted octanol–water partition coefficient (Wildman–Crippen LogP) is 4.82. The number of carbonyl (C=O) groups is 1. The summed E-state index contributed by atoms with van der Waals surface area (Å²) in [7, 11) is 3.16. The Morgan fingerprint density at radius 3 is 2.53 bits per heavy atom. The first kappa shape index (κ1) is 21.9. The molecule has 2 aromatic heterocycles. The number of ether oxygens (including phenoxy) is 1. The second-order valence-electron chi connectivity index (χ2n) is 8.24. The van der Waals surface area contributed by atoms with Crippen molar-refractivity contribution in [1.82, 2.24) is 19.7 Å². The largest absolute Gasteiger partial charge is 0.481 e. The fraction of sp³-hybridized carbons (Fsp3) is 0.240. The fourth-order valence-electron chi connectivity index (χ4n) is 4.66. The number of benzene rings is 2. The highest BCUT2D eigenvalue weighted by Crippen LogP contribution is 2.37. The molecule has 4 aromatic rings. The van der Waals surface area contributed by atoms with Crippen molar-refractivity contribution < 1.29 is 22.7 Å². The summed E-state index contributed by atoms with van der Waals surface area (Å²) in [4.78, 5) is 19.8. The highest BCUT2D eigenvalue weighted by molar-refractivity contribution is 6.06. The number of para-hydroxylation sites is 1. The van der Waals surface area contributed by atoms with Gasteiger partial charge in [-0.15, -0.1) is 0 Å². The maximum absolute atomic E-state index is 13.9. The van der Waals surface area contributed by atoms with Gasteiger partial charge in [0.05, 0.1) is 35.6 Å². The molecule has 0 N–H and O–H groups in total. The number of carbonyl (C=O) groups excluding carboxylic acids is 1. The number of hydrogen-bond donors (Lipinski definition) is 0. The molecule has 0 aliphatic carbocycles. The second-order valence-corrected chi connectivity index (χ2v) is 8.24. The molecule has 1 amide bonds. The normalized spacial score (nSPS) is 15.5. The van der Waals surface area contributed by atoms with Crippen LogP contribution in [-0.2, 0) is 13.5 Å². The molecule has 5 rings (SSSR count). The van der Waals surface area contributed by atoms with Gasteiger partial charge in [0.1, 0.15) is 0 Å². The van der Waals surface area contributed by atoms with Gasteiger partial charge in [0.2, 0.25) is 5.88 Å². The van der Waals surface area contributed by atoms with E-state index in [0.717, 1.165) is 17.7 Å². The van der Waals surface area contributed by atoms with Crippen molar-refractivity contribution >= 4 is 16.8 Å². The average molecular weight is 466 g/mol. The molecule has 1 atom stereocenters. The number of methoxy groups -OCH3 is 1. The van der Waals surface area contributed by atoms with E-state index >= 15 is 0 Å². The van der Waals surface area contributed by atoms with E-state index < -0.39 is 23.5 Å². The molecule has 34 heavy (non-hydrogen) atoms. The number of aromatic nitrogens is 3. The lowest BCUT2D eigenvalue weighted by Crippen LogP contribution is -2.39. The minimum Gasteiger partial charge on any atom is -0.481 e. The lowest BCUT2D eigenvalue weighted by atomic mass is 9.94. The van der Waals surface area contributed by atoms with E-state index in [1.54, 1.807) is 18.0 Å². The van der Waals surface area contributed by atoms with E-state index in [0.29, 0.717) is 46.7 Å². The molecule has 0 radical (unpaired) electrons. The lowest BCUT2D eigenvalue weighted by Gasteiger charge is -2.33. The quantitative estimate of drug-likeness (QED) is 0.406. The molecule has 0 saturated carbocycles. The fourth-order valence-corrected chi connectivity index (χ4v) is 4.66. The van der Waals surface area contributed by atoms with Crippen LogP contribution in [0.2, 0.25) is 0 Å². The number of amides is 1. The van der Waals surface area contributed by atoms with Crippen LogP contribution in [0.15, 0.2) is 42.5 Å². The van der Waals surface area contributed by atoms with Crippen LogP contribution in [0.25, 0.3) is 22.2 Å². The van der Waals surface area contributed by atoms with Crippen LogP contribution in [0, 0.1) is 17.5 Å². The van der Waals surface area contributed by atoms with Crippen LogP contribution in [0.4, 0.5) is 13.2 Å². The van der Waals surface area contributed by atoms with Crippen molar-refractivity contribution in [3.63, 3.8) is 0 Å². The van der Waals surface area contributed by atoms with Gasteiger partial charge < -0.3 is 9.64 Å². The number of halogens is 3.